The van der Waals surface area contributed by atoms with E-state index in [0.717, 1.165) is 18.4 Å². The quantitative estimate of drug-likeness (QED) is 0.823. The van der Waals surface area contributed by atoms with E-state index in [0.29, 0.717) is 5.56 Å². The molecule has 0 amide bonds. The van der Waals surface area contributed by atoms with Gasteiger partial charge in [0, 0.05) is 7.11 Å². The maximum absolute atomic E-state index is 13.6. The van der Waals surface area contributed by atoms with Gasteiger partial charge >= 0.3 is 0 Å². The number of hydrogen-bond acceptors (Lipinski definition) is 2. The third-order valence-corrected chi connectivity index (χ3v) is 3.11. The molecule has 0 saturated heterocycles. The predicted molar refractivity (Wildman–Crippen MR) is 68.6 cm³/mol. The number of aryl methyl sites for hydroxylation is 1. The van der Waals surface area contributed by atoms with Crippen molar-refractivity contribution in [2.45, 2.75) is 38.8 Å². The number of nitrogens with one attached hydrogen (secondary N) is 1. The molecule has 0 aliphatic heterocycles. The lowest BCUT2D eigenvalue weighted by molar-refractivity contribution is 0.0629. The van der Waals surface area contributed by atoms with Gasteiger partial charge in [0.05, 0.1) is 12.1 Å². The van der Waals surface area contributed by atoms with Crippen LogP contribution < -0.4 is 5.32 Å². The van der Waals surface area contributed by atoms with Crippen LogP contribution in [0.15, 0.2) is 18.2 Å². The standard InChI is InChI=1S/C14H22FNO/c1-5-6-13(17-4)14(16-3)11-8-7-10(2)12(15)9-11/h7-9,13-14,16H,5-6H2,1-4H3. The Balaban J connectivity index is 2.95. The number of hydrogen-bond donors (Lipinski definition) is 1. The topological polar surface area (TPSA) is 21.3 Å². The van der Waals surface area contributed by atoms with Crippen molar-refractivity contribution in [2.75, 3.05) is 14.2 Å². The van der Waals surface area contributed by atoms with Crippen molar-refractivity contribution in [2.24, 2.45) is 0 Å². The summed E-state index contributed by atoms with van der Waals surface area (Å²) in [5, 5.41) is 3.21. The average molecular weight is 239 g/mol. The van der Waals surface area contributed by atoms with E-state index >= 15 is 0 Å². The Morgan fingerprint density at radius 3 is 2.59 bits per heavy atom. The minimum absolute atomic E-state index is 0.0371. The summed E-state index contributed by atoms with van der Waals surface area (Å²) in [4.78, 5) is 0. The number of halogens is 1. The predicted octanol–water partition coefficient (Wildman–Crippen LogP) is 3.21. The minimum Gasteiger partial charge on any atom is -0.379 e. The van der Waals surface area contributed by atoms with Crippen LogP contribution in [-0.4, -0.2) is 20.3 Å². The van der Waals surface area contributed by atoms with Crippen molar-refractivity contribution < 1.29 is 9.13 Å². The zero-order chi connectivity index (χ0) is 12.8. The fraction of sp³-hybridized carbons (Fsp3) is 0.571. The Kier molecular flexibility index (Phi) is 5.59. The molecule has 1 rings (SSSR count). The smallest absolute Gasteiger partial charge is 0.126 e. The van der Waals surface area contributed by atoms with Crippen LogP contribution in [0.1, 0.15) is 36.9 Å². The Bertz CT molecular complexity index is 354. The van der Waals surface area contributed by atoms with Gasteiger partial charge in [-0.15, -0.1) is 0 Å². The molecule has 0 heterocycles. The van der Waals surface area contributed by atoms with Crippen molar-refractivity contribution in [1.82, 2.24) is 5.32 Å². The molecule has 96 valence electrons. The molecule has 2 atom stereocenters. The van der Waals surface area contributed by atoms with Crippen LogP contribution in [0.25, 0.3) is 0 Å². The van der Waals surface area contributed by atoms with Gasteiger partial charge in [-0.05, 0) is 37.6 Å². The van der Waals surface area contributed by atoms with E-state index in [1.54, 1.807) is 20.1 Å². The van der Waals surface area contributed by atoms with Gasteiger partial charge in [-0.3, -0.25) is 0 Å². The molecule has 3 heteroatoms. The molecule has 17 heavy (non-hydrogen) atoms. The molecule has 0 aromatic heterocycles. The minimum atomic E-state index is -0.158. The van der Waals surface area contributed by atoms with Crippen LogP contribution in [0.5, 0.6) is 0 Å². The van der Waals surface area contributed by atoms with E-state index in [1.165, 1.54) is 0 Å². The molecule has 0 bridgehead atoms. The first-order chi connectivity index (χ1) is 8.13. The van der Waals surface area contributed by atoms with Crippen LogP contribution in [0.4, 0.5) is 4.39 Å². The molecule has 2 nitrogen and oxygen atoms in total. The third kappa shape index (κ3) is 3.51. The second kappa shape index (κ2) is 6.72. The first-order valence-electron chi connectivity index (χ1n) is 6.10. The van der Waals surface area contributed by atoms with Gasteiger partial charge in [-0.1, -0.05) is 25.5 Å². The van der Waals surface area contributed by atoms with Crippen molar-refractivity contribution in [3.8, 4) is 0 Å². The monoisotopic (exact) mass is 239 g/mol. The molecule has 0 fully saturated rings. The number of rotatable bonds is 6. The van der Waals surface area contributed by atoms with Crippen molar-refractivity contribution >= 4 is 0 Å². The molecule has 0 radical (unpaired) electrons. The molecule has 0 aliphatic carbocycles. The van der Waals surface area contributed by atoms with Gasteiger partial charge in [-0.25, -0.2) is 4.39 Å². The Morgan fingerprint density at radius 2 is 2.12 bits per heavy atom. The molecule has 0 saturated carbocycles. The van der Waals surface area contributed by atoms with E-state index in [9.17, 15) is 4.39 Å². The van der Waals surface area contributed by atoms with Crippen molar-refractivity contribution in [3.63, 3.8) is 0 Å². The highest BCUT2D eigenvalue weighted by Gasteiger charge is 2.21. The summed E-state index contributed by atoms with van der Waals surface area (Å²) in [5.41, 5.74) is 1.61. The van der Waals surface area contributed by atoms with E-state index in [2.05, 4.69) is 12.2 Å². The first-order valence-corrected chi connectivity index (χ1v) is 6.10. The Morgan fingerprint density at radius 1 is 1.41 bits per heavy atom. The summed E-state index contributed by atoms with van der Waals surface area (Å²) in [6.07, 6.45) is 2.08. The normalized spacial score (nSPS) is 14.6. The lowest BCUT2D eigenvalue weighted by Gasteiger charge is -2.26. The van der Waals surface area contributed by atoms with Crippen LogP contribution in [0.3, 0.4) is 0 Å². The maximum atomic E-state index is 13.6. The molecule has 0 aliphatic rings. The second-order valence-corrected chi connectivity index (χ2v) is 4.34. The second-order valence-electron chi connectivity index (χ2n) is 4.34. The van der Waals surface area contributed by atoms with E-state index in [4.69, 9.17) is 4.74 Å². The number of likely N-dealkylation sites (N-methyl/N-ethyl adjacent to an activating group) is 1. The highest BCUT2D eigenvalue weighted by molar-refractivity contribution is 5.26. The third-order valence-electron chi connectivity index (χ3n) is 3.11. The van der Waals surface area contributed by atoms with Crippen LogP contribution in [-0.2, 0) is 4.74 Å². The number of ether oxygens (including phenoxy) is 1. The number of methoxy groups -OCH3 is 1. The molecule has 1 N–H and O–H groups in total. The number of benzene rings is 1. The lowest BCUT2D eigenvalue weighted by Crippen LogP contribution is -2.31. The van der Waals surface area contributed by atoms with Gasteiger partial charge in [0.1, 0.15) is 5.82 Å². The molecule has 0 spiro atoms. The summed E-state index contributed by atoms with van der Waals surface area (Å²) in [7, 11) is 3.58. The molecular formula is C14H22FNO. The maximum Gasteiger partial charge on any atom is 0.126 e. The van der Waals surface area contributed by atoms with Gasteiger partial charge in [0.15, 0.2) is 0 Å². The van der Waals surface area contributed by atoms with Gasteiger partial charge < -0.3 is 10.1 Å². The van der Waals surface area contributed by atoms with Crippen LogP contribution in [0.2, 0.25) is 0 Å². The SMILES string of the molecule is CCCC(OC)C(NC)c1ccc(C)c(F)c1. The Labute approximate surface area is 103 Å². The van der Waals surface area contributed by atoms with Gasteiger partial charge in [0.25, 0.3) is 0 Å². The molecule has 1 aromatic rings. The molecular weight excluding hydrogens is 217 g/mol. The van der Waals surface area contributed by atoms with E-state index in [-0.39, 0.29) is 18.0 Å². The zero-order valence-electron chi connectivity index (χ0n) is 11.1. The van der Waals surface area contributed by atoms with Gasteiger partial charge in [0.2, 0.25) is 0 Å². The summed E-state index contributed by atoms with van der Waals surface area (Å²) >= 11 is 0. The zero-order valence-corrected chi connectivity index (χ0v) is 11.1. The fourth-order valence-corrected chi connectivity index (χ4v) is 2.07. The summed E-state index contributed by atoms with van der Waals surface area (Å²) in [6, 6.07) is 5.41. The van der Waals surface area contributed by atoms with Crippen LogP contribution >= 0.6 is 0 Å². The highest BCUT2D eigenvalue weighted by Crippen LogP contribution is 2.23. The average Bonchev–Trinajstić information content (AvgIpc) is 2.33. The molecule has 2 unspecified atom stereocenters. The van der Waals surface area contributed by atoms with E-state index in [1.807, 2.05) is 19.2 Å². The van der Waals surface area contributed by atoms with Crippen LogP contribution in [0, 0.1) is 12.7 Å². The summed E-state index contributed by atoms with van der Waals surface area (Å²) < 4.78 is 19.0. The summed E-state index contributed by atoms with van der Waals surface area (Å²) in [5.74, 6) is -0.158. The van der Waals surface area contributed by atoms with Crippen molar-refractivity contribution in [1.29, 1.82) is 0 Å². The first kappa shape index (κ1) is 14.1. The molecule has 1 aromatic carbocycles. The Hall–Kier alpha value is -0.930. The van der Waals surface area contributed by atoms with E-state index < -0.39 is 0 Å². The van der Waals surface area contributed by atoms with Gasteiger partial charge in [-0.2, -0.15) is 0 Å². The largest absolute Gasteiger partial charge is 0.379 e. The summed E-state index contributed by atoms with van der Waals surface area (Å²) in [6.45, 7) is 3.89. The fourth-order valence-electron chi connectivity index (χ4n) is 2.07. The van der Waals surface area contributed by atoms with Crippen molar-refractivity contribution in [3.05, 3.63) is 35.1 Å². The lowest BCUT2D eigenvalue weighted by atomic mass is 9.97. The highest BCUT2D eigenvalue weighted by atomic mass is 19.1.